The molecule has 0 radical (unpaired) electrons. The Labute approximate surface area is 182 Å². The Morgan fingerprint density at radius 3 is 1.77 bits per heavy atom. The van der Waals surface area contributed by atoms with Gasteiger partial charge in [-0.15, -0.1) is 0 Å². The van der Waals surface area contributed by atoms with Crippen LogP contribution in [0.25, 0.3) is 32.3 Å². The highest BCUT2D eigenvalue weighted by atomic mass is 32.2. The highest BCUT2D eigenvalue weighted by Crippen LogP contribution is 2.36. The monoisotopic (exact) mass is 431 g/mol. The van der Waals surface area contributed by atoms with E-state index in [1.54, 1.807) is 12.1 Å². The first-order valence-corrected chi connectivity index (χ1v) is 11.5. The highest BCUT2D eigenvalue weighted by molar-refractivity contribution is 7.85. The van der Waals surface area contributed by atoms with Crippen LogP contribution in [0.5, 0.6) is 0 Å². The van der Waals surface area contributed by atoms with Crippen LogP contribution in [0.4, 0.5) is 5.69 Å². The summed E-state index contributed by atoms with van der Waals surface area (Å²) in [6.07, 6.45) is 0. The van der Waals surface area contributed by atoms with Gasteiger partial charge in [-0.3, -0.25) is 0 Å². The number of benzene rings is 5. The Bertz CT molecular complexity index is 1470. The highest BCUT2D eigenvalue weighted by Gasteiger charge is 2.13. The summed E-state index contributed by atoms with van der Waals surface area (Å²) in [6, 6.07) is 25.6. The van der Waals surface area contributed by atoms with Crippen molar-refractivity contribution in [2.45, 2.75) is 31.1 Å². The van der Waals surface area contributed by atoms with E-state index >= 15 is 0 Å². The first-order valence-electron chi connectivity index (χ1n) is 10.1. The molecule has 0 heterocycles. The molecule has 31 heavy (non-hydrogen) atoms. The molecule has 0 amide bonds. The van der Waals surface area contributed by atoms with Gasteiger partial charge in [0, 0.05) is 16.8 Å². The molecule has 158 valence electrons. The number of rotatable bonds is 1. The summed E-state index contributed by atoms with van der Waals surface area (Å²) >= 11 is 0. The summed E-state index contributed by atoms with van der Waals surface area (Å²) in [5.74, 6) is 0. The first-order chi connectivity index (χ1) is 14.6. The average molecular weight is 432 g/mol. The molecule has 0 aliphatic rings. The maximum absolute atomic E-state index is 10.6. The van der Waals surface area contributed by atoms with E-state index in [9.17, 15) is 13.0 Å². The molecule has 0 bridgehead atoms. The number of hydrogen-bond acceptors (Lipinski definition) is 3. The van der Waals surface area contributed by atoms with Gasteiger partial charge < -0.3 is 10.3 Å². The zero-order valence-corrected chi connectivity index (χ0v) is 18.7. The largest absolute Gasteiger partial charge is 0.744 e. The molecule has 3 N–H and O–H groups in total. The summed E-state index contributed by atoms with van der Waals surface area (Å²) in [5.41, 5.74) is 6.20. The van der Waals surface area contributed by atoms with Crippen LogP contribution in [0.3, 0.4) is 0 Å². The van der Waals surface area contributed by atoms with Crippen molar-refractivity contribution < 1.29 is 18.7 Å². The number of hydrogen-bond donors (Lipinski definition) is 1. The lowest BCUT2D eigenvalue weighted by Gasteiger charge is -2.19. The zero-order valence-electron chi connectivity index (χ0n) is 17.8. The van der Waals surface area contributed by atoms with Crippen LogP contribution < -0.4 is 5.73 Å². The fourth-order valence-electron chi connectivity index (χ4n) is 3.92. The molecular formula is C26H25NO3S. The van der Waals surface area contributed by atoms with E-state index in [2.05, 4.69) is 60.3 Å². The summed E-state index contributed by atoms with van der Waals surface area (Å²) in [5, 5.41) is 7.92. The molecule has 0 saturated carbocycles. The minimum atomic E-state index is -4.32. The molecule has 0 atom stereocenters. The Kier molecular flexibility index (Phi) is 5.21. The third-order valence-corrected chi connectivity index (χ3v) is 6.48. The van der Waals surface area contributed by atoms with Gasteiger partial charge in [0.25, 0.3) is 0 Å². The van der Waals surface area contributed by atoms with E-state index < -0.39 is 10.1 Å². The van der Waals surface area contributed by atoms with Crippen LogP contribution in [-0.2, 0) is 15.5 Å². The lowest BCUT2D eigenvalue weighted by molar-refractivity contribution is -0.252. The average Bonchev–Trinajstić information content (AvgIpc) is 2.73. The van der Waals surface area contributed by atoms with E-state index in [-0.39, 0.29) is 10.3 Å². The smallest absolute Gasteiger partial charge is 0.135 e. The fourth-order valence-corrected chi connectivity index (χ4v) is 4.39. The Morgan fingerprint density at radius 1 is 0.710 bits per heavy atom. The normalized spacial score (nSPS) is 12.3. The van der Waals surface area contributed by atoms with Gasteiger partial charge in [0.2, 0.25) is 0 Å². The Balaban J connectivity index is 0.000000153. The lowest BCUT2D eigenvalue weighted by Crippen LogP contribution is -2.40. The maximum atomic E-state index is 10.6. The van der Waals surface area contributed by atoms with Crippen molar-refractivity contribution in [2.75, 3.05) is 0 Å². The SMILES string of the molecule is CC(C)(C)c1ccc(S(=O)(=O)[O-])cc1.[NH3+]c1ccc2ccc3cccc4ccc1c2c34. The maximum Gasteiger partial charge on any atom is 0.135 e. The Hall–Kier alpha value is -2.99. The van der Waals surface area contributed by atoms with Crippen molar-refractivity contribution in [1.29, 1.82) is 0 Å². The van der Waals surface area contributed by atoms with E-state index in [1.807, 2.05) is 20.8 Å². The minimum absolute atomic E-state index is 0.0365. The quantitative estimate of drug-likeness (QED) is 0.287. The fraction of sp³-hybridized carbons (Fsp3) is 0.154. The topological polar surface area (TPSA) is 84.8 Å². The van der Waals surface area contributed by atoms with Crippen molar-refractivity contribution in [2.24, 2.45) is 0 Å². The predicted octanol–water partition coefficient (Wildman–Crippen LogP) is 5.35. The van der Waals surface area contributed by atoms with Crippen LogP contribution in [0.15, 0.2) is 83.8 Å². The summed E-state index contributed by atoms with van der Waals surface area (Å²) < 4.78 is 31.9. The van der Waals surface area contributed by atoms with Gasteiger partial charge in [-0.05, 0) is 56.8 Å². The van der Waals surface area contributed by atoms with Crippen molar-refractivity contribution >= 4 is 48.1 Å². The van der Waals surface area contributed by atoms with E-state index in [0.717, 1.165) is 11.3 Å². The van der Waals surface area contributed by atoms with Gasteiger partial charge in [-0.1, -0.05) is 69.3 Å². The van der Waals surface area contributed by atoms with E-state index in [4.69, 9.17) is 0 Å². The molecule has 5 rings (SSSR count). The summed E-state index contributed by atoms with van der Waals surface area (Å²) in [7, 11) is -4.32. The molecular weight excluding hydrogens is 406 g/mol. The molecule has 0 fully saturated rings. The van der Waals surface area contributed by atoms with Crippen LogP contribution in [-0.4, -0.2) is 13.0 Å². The minimum Gasteiger partial charge on any atom is -0.744 e. The van der Waals surface area contributed by atoms with Crippen molar-refractivity contribution in [3.8, 4) is 0 Å². The number of quaternary nitrogens is 1. The van der Waals surface area contributed by atoms with Crippen LogP contribution in [0.2, 0.25) is 0 Å². The first kappa shape index (κ1) is 21.2. The molecule has 5 aromatic rings. The molecule has 0 spiro atoms. The van der Waals surface area contributed by atoms with Gasteiger partial charge >= 0.3 is 0 Å². The van der Waals surface area contributed by atoms with E-state index in [1.165, 1.54) is 44.5 Å². The van der Waals surface area contributed by atoms with Gasteiger partial charge in [-0.2, -0.15) is 0 Å². The lowest BCUT2D eigenvalue weighted by atomic mass is 9.87. The molecule has 0 saturated heterocycles. The molecule has 0 unspecified atom stereocenters. The second-order valence-electron chi connectivity index (χ2n) is 8.81. The zero-order chi connectivity index (χ0) is 22.4. The van der Waals surface area contributed by atoms with Crippen molar-refractivity contribution in [3.63, 3.8) is 0 Å². The predicted molar refractivity (Wildman–Crippen MR) is 126 cm³/mol. The second-order valence-corrected chi connectivity index (χ2v) is 10.2. The standard InChI is InChI=1S/C16H11N.C10H14O3S/c17-14-9-7-12-5-4-10-2-1-3-11-6-8-13(14)16(12)15(10)11;1-10(2,3)8-4-6-9(7-5-8)14(11,12)13/h1-9H,17H2;4-7H,1-3H3,(H,11,12,13). The van der Waals surface area contributed by atoms with Crippen molar-refractivity contribution in [3.05, 3.63) is 84.4 Å². The molecule has 5 aromatic carbocycles. The van der Waals surface area contributed by atoms with Crippen molar-refractivity contribution in [1.82, 2.24) is 0 Å². The molecule has 0 aliphatic heterocycles. The molecule has 0 aromatic heterocycles. The van der Waals surface area contributed by atoms with Gasteiger partial charge in [0.1, 0.15) is 15.8 Å². The summed E-state index contributed by atoms with van der Waals surface area (Å²) in [4.78, 5) is -0.175. The van der Waals surface area contributed by atoms with Gasteiger partial charge in [-0.25, -0.2) is 8.42 Å². The molecule has 0 aliphatic carbocycles. The molecule has 5 heteroatoms. The van der Waals surface area contributed by atoms with Crippen LogP contribution >= 0.6 is 0 Å². The van der Waals surface area contributed by atoms with Crippen LogP contribution in [0.1, 0.15) is 26.3 Å². The third-order valence-electron chi connectivity index (χ3n) is 5.63. The third kappa shape index (κ3) is 4.12. The summed E-state index contributed by atoms with van der Waals surface area (Å²) in [6.45, 7) is 6.06. The molecule has 4 nitrogen and oxygen atoms in total. The second kappa shape index (κ2) is 7.61. The van der Waals surface area contributed by atoms with Crippen LogP contribution in [0, 0.1) is 0 Å². The van der Waals surface area contributed by atoms with Gasteiger partial charge in [0.05, 0.1) is 4.90 Å². The Morgan fingerprint density at radius 2 is 1.23 bits per heavy atom. The van der Waals surface area contributed by atoms with Gasteiger partial charge in [0.15, 0.2) is 0 Å². The van der Waals surface area contributed by atoms with E-state index in [0.29, 0.717) is 0 Å².